The molecule has 0 aliphatic heterocycles. The average Bonchev–Trinajstić information content (AvgIpc) is 3.23. The molecule has 0 spiro atoms. The molecule has 0 atom stereocenters. The highest BCUT2D eigenvalue weighted by atomic mass is 16.1. The number of imidazole rings is 1. The van der Waals surface area contributed by atoms with Crippen molar-refractivity contribution in [1.29, 1.82) is 0 Å². The second-order valence-corrected chi connectivity index (χ2v) is 5.68. The summed E-state index contributed by atoms with van der Waals surface area (Å²) in [5.74, 6) is -0.280. The standard InChI is InChI=1S/C18H13N7O2/c19-17-23-24-18-22-13(9-15(26)11-5-1-3-7-20-11)14(25(17)18)10-16(27)12-6-2-4-8-21-12/h1-8,10H,9H2,(H2,19,23). The van der Waals surface area contributed by atoms with Crippen LogP contribution in [0.25, 0.3) is 11.9 Å². The van der Waals surface area contributed by atoms with Crippen LogP contribution in [0.15, 0.2) is 48.8 Å². The molecule has 4 heterocycles. The van der Waals surface area contributed by atoms with Gasteiger partial charge in [-0.15, -0.1) is 10.2 Å². The van der Waals surface area contributed by atoms with Crippen molar-refractivity contribution >= 4 is 29.4 Å². The van der Waals surface area contributed by atoms with Gasteiger partial charge in [0.25, 0.3) is 5.78 Å². The van der Waals surface area contributed by atoms with Crippen molar-refractivity contribution in [3.63, 3.8) is 0 Å². The van der Waals surface area contributed by atoms with Crippen LogP contribution in [0.3, 0.4) is 0 Å². The summed E-state index contributed by atoms with van der Waals surface area (Å²) < 4.78 is 1.43. The molecule has 27 heavy (non-hydrogen) atoms. The molecule has 0 saturated heterocycles. The van der Waals surface area contributed by atoms with Crippen LogP contribution in [0.4, 0.5) is 5.95 Å². The normalized spacial score (nSPS) is 11.8. The number of nitrogen functional groups attached to an aromatic ring is 1. The van der Waals surface area contributed by atoms with E-state index in [1.165, 1.54) is 22.9 Å². The third-order valence-corrected chi connectivity index (χ3v) is 3.91. The number of nitrogens with two attached hydrogens (primary N) is 1. The zero-order valence-electron chi connectivity index (χ0n) is 14.0. The van der Waals surface area contributed by atoms with Crippen LogP contribution in [-0.2, 0) is 6.42 Å². The number of aromatic nitrogens is 6. The van der Waals surface area contributed by atoms with E-state index < -0.39 is 0 Å². The third kappa shape index (κ3) is 3.13. The van der Waals surface area contributed by atoms with Crippen LogP contribution < -0.4 is 11.1 Å². The number of anilines is 1. The Morgan fingerprint density at radius 1 is 1.00 bits per heavy atom. The highest BCUT2D eigenvalue weighted by Crippen LogP contribution is 2.06. The fraction of sp³-hybridized carbons (Fsp3) is 0.0556. The van der Waals surface area contributed by atoms with Crippen molar-refractivity contribution in [3.8, 4) is 0 Å². The Morgan fingerprint density at radius 3 is 2.37 bits per heavy atom. The van der Waals surface area contributed by atoms with E-state index in [1.54, 1.807) is 36.4 Å². The number of hydrogen-bond donors (Lipinski definition) is 1. The van der Waals surface area contributed by atoms with E-state index in [9.17, 15) is 9.59 Å². The first-order chi connectivity index (χ1) is 13.1. The summed E-state index contributed by atoms with van der Waals surface area (Å²) >= 11 is 0. The Morgan fingerprint density at radius 2 is 1.70 bits per heavy atom. The molecule has 0 fully saturated rings. The van der Waals surface area contributed by atoms with Gasteiger partial charge in [-0.2, -0.15) is 0 Å². The smallest absolute Gasteiger partial charge is 0.257 e. The monoisotopic (exact) mass is 359 g/mol. The molecule has 0 aromatic carbocycles. The van der Waals surface area contributed by atoms with Crippen LogP contribution in [0.2, 0.25) is 0 Å². The predicted octanol–water partition coefficient (Wildman–Crippen LogP) is 0.304. The van der Waals surface area contributed by atoms with Crippen LogP contribution >= 0.6 is 0 Å². The fourth-order valence-corrected chi connectivity index (χ4v) is 2.65. The lowest BCUT2D eigenvalue weighted by atomic mass is 10.1. The Hall–Kier alpha value is -4.01. The molecule has 0 amide bonds. The molecule has 0 saturated carbocycles. The lowest BCUT2D eigenvalue weighted by Crippen LogP contribution is -2.21. The van der Waals surface area contributed by atoms with E-state index in [1.807, 2.05) is 0 Å². The lowest BCUT2D eigenvalue weighted by molar-refractivity contribution is 0.0985. The molecule has 9 nitrogen and oxygen atoms in total. The van der Waals surface area contributed by atoms with E-state index >= 15 is 0 Å². The van der Waals surface area contributed by atoms with E-state index in [0.717, 1.165) is 0 Å². The highest BCUT2D eigenvalue weighted by molar-refractivity contribution is 6.16. The molecule has 4 aromatic rings. The Kier molecular flexibility index (Phi) is 4.09. The van der Waals surface area contributed by atoms with Gasteiger partial charge in [-0.1, -0.05) is 12.1 Å². The average molecular weight is 359 g/mol. The van der Waals surface area contributed by atoms with Crippen LogP contribution in [0.1, 0.15) is 26.7 Å². The first-order valence-electron chi connectivity index (χ1n) is 8.04. The zero-order valence-corrected chi connectivity index (χ0v) is 14.0. The topological polar surface area (TPSA) is 129 Å². The number of nitrogens with zero attached hydrogens (tertiary/aromatic N) is 6. The van der Waals surface area contributed by atoms with Crippen molar-refractivity contribution in [2.45, 2.75) is 6.42 Å². The molecular weight excluding hydrogens is 346 g/mol. The minimum atomic E-state index is -0.343. The minimum absolute atomic E-state index is 0.0544. The summed E-state index contributed by atoms with van der Waals surface area (Å²) in [5.41, 5.74) is 6.79. The third-order valence-electron chi connectivity index (χ3n) is 3.91. The first kappa shape index (κ1) is 16.5. The number of ketones is 2. The van der Waals surface area contributed by atoms with E-state index in [2.05, 4.69) is 25.1 Å². The van der Waals surface area contributed by atoms with Crippen molar-refractivity contribution in [3.05, 3.63) is 71.2 Å². The van der Waals surface area contributed by atoms with Crippen LogP contribution in [-0.4, -0.2) is 41.1 Å². The quantitative estimate of drug-likeness (QED) is 0.504. The molecule has 9 heteroatoms. The molecule has 0 bridgehead atoms. The summed E-state index contributed by atoms with van der Waals surface area (Å²) in [6.07, 6.45) is 4.35. The van der Waals surface area contributed by atoms with Crippen LogP contribution in [0.5, 0.6) is 0 Å². The molecule has 0 radical (unpaired) electrons. The van der Waals surface area contributed by atoms with E-state index in [0.29, 0.717) is 16.7 Å². The van der Waals surface area contributed by atoms with Gasteiger partial charge in [-0.3, -0.25) is 19.6 Å². The first-order valence-corrected chi connectivity index (χ1v) is 8.04. The molecule has 132 valence electrons. The lowest BCUT2D eigenvalue weighted by Gasteiger charge is -1.98. The maximum atomic E-state index is 12.6. The number of fused-ring (bicyclic) bond motifs is 1. The van der Waals surface area contributed by atoms with Crippen molar-refractivity contribution in [2.24, 2.45) is 0 Å². The highest BCUT2D eigenvalue weighted by Gasteiger charge is 2.18. The van der Waals surface area contributed by atoms with Crippen molar-refractivity contribution in [2.75, 3.05) is 5.73 Å². The van der Waals surface area contributed by atoms with E-state index in [4.69, 9.17) is 5.73 Å². The second-order valence-electron chi connectivity index (χ2n) is 5.68. The number of rotatable bonds is 5. The van der Waals surface area contributed by atoms with Crippen molar-refractivity contribution in [1.82, 2.24) is 29.5 Å². The fourth-order valence-electron chi connectivity index (χ4n) is 2.65. The molecule has 4 aromatic heterocycles. The summed E-state index contributed by atoms with van der Waals surface area (Å²) in [6.45, 7) is 0. The number of carbonyl (C=O) groups is 2. The van der Waals surface area contributed by atoms with Crippen LogP contribution in [0, 0.1) is 0 Å². The van der Waals surface area contributed by atoms with Gasteiger partial charge >= 0.3 is 0 Å². The molecule has 4 rings (SSSR count). The molecule has 0 unspecified atom stereocenters. The molecule has 2 N–H and O–H groups in total. The summed E-state index contributed by atoms with van der Waals surface area (Å²) in [6, 6.07) is 10.1. The van der Waals surface area contributed by atoms with Gasteiger partial charge in [0.15, 0.2) is 5.78 Å². The molecule has 0 aliphatic rings. The minimum Gasteiger partial charge on any atom is -0.368 e. The maximum absolute atomic E-state index is 12.6. The second kappa shape index (κ2) is 6.71. The van der Waals surface area contributed by atoms with Gasteiger partial charge in [0.05, 0.1) is 17.5 Å². The van der Waals surface area contributed by atoms with Gasteiger partial charge in [0.2, 0.25) is 11.7 Å². The largest absolute Gasteiger partial charge is 0.368 e. The summed E-state index contributed by atoms with van der Waals surface area (Å²) in [4.78, 5) is 37.5. The molecule has 0 aliphatic carbocycles. The molecular formula is C18H13N7O2. The zero-order chi connectivity index (χ0) is 18.8. The van der Waals surface area contributed by atoms with E-state index in [-0.39, 0.29) is 35.4 Å². The number of pyridine rings is 2. The number of hydrogen-bond acceptors (Lipinski definition) is 8. The SMILES string of the molecule is Nc1nnc2nc(CC(=O)c3ccccn3)c(=CC(=O)c3ccccn3)n12. The Balaban J connectivity index is 1.80. The van der Waals surface area contributed by atoms with Gasteiger partial charge in [0.1, 0.15) is 11.4 Å². The van der Waals surface area contributed by atoms with Gasteiger partial charge in [-0.05, 0) is 24.3 Å². The predicted molar refractivity (Wildman–Crippen MR) is 95.7 cm³/mol. The maximum Gasteiger partial charge on any atom is 0.257 e. The Labute approximate surface area is 152 Å². The van der Waals surface area contributed by atoms with Gasteiger partial charge < -0.3 is 5.73 Å². The van der Waals surface area contributed by atoms with Gasteiger partial charge in [-0.25, -0.2) is 9.38 Å². The number of carbonyl (C=O) groups excluding carboxylic acids is 2. The van der Waals surface area contributed by atoms with Crippen molar-refractivity contribution < 1.29 is 9.59 Å². The Bertz CT molecular complexity index is 1190. The van der Waals surface area contributed by atoms with Gasteiger partial charge in [0, 0.05) is 18.5 Å². The summed E-state index contributed by atoms with van der Waals surface area (Å²) in [7, 11) is 0. The summed E-state index contributed by atoms with van der Waals surface area (Å²) in [5, 5.41) is 7.98. The number of Topliss-reactive ketones (excluding diaryl/α,β-unsaturated/α-hetero) is 2.